The molecular weight excluding hydrogens is 243 g/mol. The van der Waals surface area contributed by atoms with Crippen molar-refractivity contribution in [2.24, 2.45) is 5.73 Å². The third-order valence-electron chi connectivity index (χ3n) is 1.69. The van der Waals surface area contributed by atoms with Gasteiger partial charge in [-0.15, -0.1) is 11.3 Å². The van der Waals surface area contributed by atoms with Gasteiger partial charge in [-0.3, -0.25) is 0 Å². The lowest BCUT2D eigenvalue weighted by Gasteiger charge is -1.87. The van der Waals surface area contributed by atoms with Gasteiger partial charge in [-0.1, -0.05) is 28.4 Å². The zero-order valence-electron chi connectivity index (χ0n) is 6.96. The van der Waals surface area contributed by atoms with Crippen LogP contribution in [0.5, 0.6) is 0 Å². The molecule has 2 aromatic heterocycles. The minimum absolute atomic E-state index is 0.346. The highest BCUT2D eigenvalue weighted by atomic mass is 35.5. The van der Waals surface area contributed by atoms with Crippen molar-refractivity contribution in [3.8, 4) is 11.3 Å². The van der Waals surface area contributed by atoms with Crippen molar-refractivity contribution in [1.82, 2.24) is 5.16 Å². The molecule has 2 heterocycles. The van der Waals surface area contributed by atoms with Gasteiger partial charge in [-0.25, -0.2) is 0 Å². The zero-order chi connectivity index (χ0) is 10.1. The van der Waals surface area contributed by atoms with E-state index < -0.39 is 0 Å². The maximum Gasteiger partial charge on any atom is 0.169 e. The van der Waals surface area contributed by atoms with Crippen molar-refractivity contribution in [3.05, 3.63) is 26.5 Å². The quantitative estimate of drug-likeness (QED) is 0.889. The van der Waals surface area contributed by atoms with Crippen molar-refractivity contribution in [2.75, 3.05) is 0 Å². The summed E-state index contributed by atoms with van der Waals surface area (Å²) < 4.78 is 6.28. The van der Waals surface area contributed by atoms with Crippen LogP contribution < -0.4 is 5.73 Å². The Labute approximate surface area is 94.4 Å². The van der Waals surface area contributed by atoms with Crippen LogP contribution in [0.2, 0.25) is 8.67 Å². The van der Waals surface area contributed by atoms with E-state index >= 15 is 0 Å². The van der Waals surface area contributed by atoms with Crippen molar-refractivity contribution in [2.45, 2.75) is 6.54 Å². The van der Waals surface area contributed by atoms with Gasteiger partial charge >= 0.3 is 0 Å². The van der Waals surface area contributed by atoms with Gasteiger partial charge in [0.2, 0.25) is 0 Å². The standard InChI is InChI=1S/C8H6Cl2N2OS/c9-7-2-5(8(10)14-7)6-1-4(3-11)12-13-6/h1-2H,3,11H2. The molecule has 0 aliphatic carbocycles. The molecule has 0 radical (unpaired) electrons. The Bertz CT molecular complexity index is 452. The van der Waals surface area contributed by atoms with E-state index in [0.717, 1.165) is 5.56 Å². The molecule has 0 aliphatic heterocycles. The monoisotopic (exact) mass is 248 g/mol. The molecule has 0 aromatic carbocycles. The van der Waals surface area contributed by atoms with Crippen molar-refractivity contribution < 1.29 is 4.52 Å². The second kappa shape index (κ2) is 3.90. The molecule has 0 saturated carbocycles. The molecule has 14 heavy (non-hydrogen) atoms. The molecule has 0 bridgehead atoms. The summed E-state index contributed by atoms with van der Waals surface area (Å²) in [6, 6.07) is 3.50. The lowest BCUT2D eigenvalue weighted by molar-refractivity contribution is 0.424. The first-order valence-corrected chi connectivity index (χ1v) is 5.39. The van der Waals surface area contributed by atoms with Gasteiger partial charge in [0.25, 0.3) is 0 Å². The number of thiophene rings is 1. The van der Waals surface area contributed by atoms with E-state index in [1.807, 2.05) is 0 Å². The zero-order valence-corrected chi connectivity index (χ0v) is 9.29. The van der Waals surface area contributed by atoms with Gasteiger partial charge in [-0.2, -0.15) is 0 Å². The van der Waals surface area contributed by atoms with Crippen molar-refractivity contribution >= 4 is 34.5 Å². The molecule has 0 amide bonds. The van der Waals surface area contributed by atoms with Gasteiger partial charge in [-0.05, 0) is 6.07 Å². The number of nitrogens with zero attached hydrogens (tertiary/aromatic N) is 1. The van der Waals surface area contributed by atoms with Gasteiger partial charge in [0.05, 0.1) is 15.6 Å². The maximum atomic E-state index is 5.95. The first kappa shape index (κ1) is 9.98. The second-order valence-electron chi connectivity index (χ2n) is 2.62. The van der Waals surface area contributed by atoms with Crippen LogP contribution >= 0.6 is 34.5 Å². The Morgan fingerprint density at radius 1 is 1.43 bits per heavy atom. The molecule has 0 atom stereocenters. The fraction of sp³-hybridized carbons (Fsp3) is 0.125. The third kappa shape index (κ3) is 1.79. The first-order valence-electron chi connectivity index (χ1n) is 3.81. The number of nitrogens with two attached hydrogens (primary N) is 1. The summed E-state index contributed by atoms with van der Waals surface area (Å²) in [5.41, 5.74) is 6.86. The molecular formula is C8H6Cl2N2OS. The first-order chi connectivity index (χ1) is 6.70. The average molecular weight is 249 g/mol. The van der Waals surface area contributed by atoms with Crippen LogP contribution in [0, 0.1) is 0 Å². The predicted molar refractivity (Wildman–Crippen MR) is 57.7 cm³/mol. The largest absolute Gasteiger partial charge is 0.356 e. The van der Waals surface area contributed by atoms with Gasteiger partial charge in [0, 0.05) is 12.6 Å². The number of halogens is 2. The molecule has 3 nitrogen and oxygen atoms in total. The molecule has 2 rings (SSSR count). The Kier molecular flexibility index (Phi) is 2.78. The Hall–Kier alpha value is -0.550. The van der Waals surface area contributed by atoms with E-state index in [9.17, 15) is 0 Å². The minimum Gasteiger partial charge on any atom is -0.356 e. The average Bonchev–Trinajstić information content (AvgIpc) is 2.71. The van der Waals surface area contributed by atoms with Crippen LogP contribution in [-0.4, -0.2) is 5.16 Å². The van der Waals surface area contributed by atoms with E-state index in [1.165, 1.54) is 11.3 Å². The molecule has 0 fully saturated rings. The summed E-state index contributed by atoms with van der Waals surface area (Å²) in [4.78, 5) is 0. The highest BCUT2D eigenvalue weighted by Crippen LogP contribution is 2.38. The number of aromatic nitrogens is 1. The Balaban J connectivity index is 2.43. The second-order valence-corrected chi connectivity index (χ2v) is 4.91. The van der Waals surface area contributed by atoms with Crippen LogP contribution in [0.25, 0.3) is 11.3 Å². The van der Waals surface area contributed by atoms with Crippen LogP contribution in [0.3, 0.4) is 0 Å². The summed E-state index contributed by atoms with van der Waals surface area (Å²) in [6.07, 6.45) is 0. The molecule has 0 saturated heterocycles. The maximum absolute atomic E-state index is 5.95. The van der Waals surface area contributed by atoms with Crippen molar-refractivity contribution in [3.63, 3.8) is 0 Å². The topological polar surface area (TPSA) is 52.0 Å². The highest BCUT2D eigenvalue weighted by molar-refractivity contribution is 7.20. The van der Waals surface area contributed by atoms with Gasteiger partial charge < -0.3 is 10.3 Å². The number of rotatable bonds is 2. The molecule has 0 aliphatic rings. The van der Waals surface area contributed by atoms with Crippen LogP contribution in [0.15, 0.2) is 16.7 Å². The fourth-order valence-corrected chi connectivity index (χ4v) is 2.52. The molecule has 0 spiro atoms. The molecule has 2 aromatic rings. The van der Waals surface area contributed by atoms with Crippen molar-refractivity contribution in [1.29, 1.82) is 0 Å². The van der Waals surface area contributed by atoms with Crippen LogP contribution in [0.1, 0.15) is 5.69 Å². The Morgan fingerprint density at radius 3 is 2.71 bits per heavy atom. The SMILES string of the molecule is NCc1cc(-c2cc(Cl)sc2Cl)on1. The number of hydrogen-bond acceptors (Lipinski definition) is 4. The van der Waals surface area contributed by atoms with E-state index in [1.54, 1.807) is 12.1 Å². The fourth-order valence-electron chi connectivity index (χ4n) is 1.04. The van der Waals surface area contributed by atoms with Crippen LogP contribution in [-0.2, 0) is 6.54 Å². The van der Waals surface area contributed by atoms with Crippen LogP contribution in [0.4, 0.5) is 0 Å². The summed E-state index contributed by atoms with van der Waals surface area (Å²) in [5, 5.41) is 3.76. The third-order valence-corrected chi connectivity index (χ3v) is 3.18. The van der Waals surface area contributed by atoms with Gasteiger partial charge in [0.1, 0.15) is 4.34 Å². The van der Waals surface area contributed by atoms with Gasteiger partial charge in [0.15, 0.2) is 5.76 Å². The summed E-state index contributed by atoms with van der Waals surface area (Å²) in [5.74, 6) is 0.596. The summed E-state index contributed by atoms with van der Waals surface area (Å²) in [7, 11) is 0. The predicted octanol–water partition coefficient (Wildman–Crippen LogP) is 3.17. The Morgan fingerprint density at radius 2 is 2.21 bits per heavy atom. The summed E-state index contributed by atoms with van der Waals surface area (Å²) in [6.45, 7) is 0.346. The highest BCUT2D eigenvalue weighted by Gasteiger charge is 2.12. The minimum atomic E-state index is 0.346. The lowest BCUT2D eigenvalue weighted by Crippen LogP contribution is -1.94. The molecule has 74 valence electrons. The smallest absolute Gasteiger partial charge is 0.169 e. The molecule has 0 unspecified atom stereocenters. The normalized spacial score (nSPS) is 10.8. The number of hydrogen-bond donors (Lipinski definition) is 1. The van der Waals surface area contributed by atoms with E-state index in [-0.39, 0.29) is 0 Å². The van der Waals surface area contributed by atoms with E-state index in [4.69, 9.17) is 33.5 Å². The lowest BCUT2D eigenvalue weighted by atomic mass is 10.2. The molecule has 6 heteroatoms. The van der Waals surface area contributed by atoms with E-state index in [0.29, 0.717) is 26.7 Å². The molecule has 2 N–H and O–H groups in total. The van der Waals surface area contributed by atoms with E-state index in [2.05, 4.69) is 5.16 Å². The summed E-state index contributed by atoms with van der Waals surface area (Å²) >= 11 is 13.0.